The van der Waals surface area contributed by atoms with Crippen molar-refractivity contribution in [1.82, 2.24) is 9.97 Å². The molecule has 0 radical (unpaired) electrons. The molecule has 1 saturated heterocycles. The highest BCUT2D eigenvalue weighted by molar-refractivity contribution is 6.23. The van der Waals surface area contributed by atoms with Gasteiger partial charge in [-0.1, -0.05) is 54.1 Å². The van der Waals surface area contributed by atoms with E-state index in [1.165, 1.54) is 0 Å². The lowest BCUT2D eigenvalue weighted by molar-refractivity contribution is 0.103. The average molecular weight is 426 g/mol. The minimum Gasteiger partial charge on any atom is -0.378 e. The number of rotatable bonds is 2. The number of Topliss-reactive ketones (excluding diaryl/α,β-unsaturated/α-hetero) is 1. The van der Waals surface area contributed by atoms with E-state index in [9.17, 15) is 9.59 Å². The molecule has 7 heteroatoms. The van der Waals surface area contributed by atoms with E-state index in [2.05, 4.69) is 10.3 Å². The lowest BCUT2D eigenvalue weighted by atomic mass is 9.81. The van der Waals surface area contributed by atoms with Crippen LogP contribution in [0.15, 0.2) is 58.9 Å². The Hall–Kier alpha value is -3.71. The molecule has 7 nitrogen and oxygen atoms in total. The van der Waals surface area contributed by atoms with Gasteiger partial charge in [0.05, 0.1) is 24.5 Å². The zero-order valence-electron chi connectivity index (χ0n) is 17.6. The van der Waals surface area contributed by atoms with Gasteiger partial charge >= 0.3 is 0 Å². The number of benzene rings is 2. The predicted molar refractivity (Wildman–Crippen MR) is 122 cm³/mol. The fourth-order valence-electron chi connectivity index (χ4n) is 4.83. The Labute approximate surface area is 184 Å². The minimum atomic E-state index is -0.489. The number of carbonyl (C=O) groups excluding carboxylic acids is 1. The Balaban J connectivity index is 1.56. The van der Waals surface area contributed by atoms with Gasteiger partial charge in [-0.25, -0.2) is 0 Å². The summed E-state index contributed by atoms with van der Waals surface area (Å²) in [7, 11) is 0. The van der Waals surface area contributed by atoms with E-state index >= 15 is 0 Å². The number of aryl methyl sites for hydroxylation is 1. The van der Waals surface area contributed by atoms with Crippen molar-refractivity contribution in [2.75, 3.05) is 36.5 Å². The molecule has 1 fully saturated rings. The second kappa shape index (κ2) is 7.17. The molecule has 3 aromatic rings. The van der Waals surface area contributed by atoms with Crippen LogP contribution in [-0.4, -0.2) is 42.1 Å². The number of carbonyl (C=O) groups is 1. The van der Waals surface area contributed by atoms with Crippen molar-refractivity contribution < 1.29 is 9.53 Å². The van der Waals surface area contributed by atoms with E-state index in [-0.39, 0.29) is 11.3 Å². The number of morpholine rings is 1. The Morgan fingerprint density at radius 2 is 1.72 bits per heavy atom. The predicted octanol–water partition coefficient (Wildman–Crippen LogP) is 3.08. The zero-order valence-corrected chi connectivity index (χ0v) is 17.6. The first-order valence-electron chi connectivity index (χ1n) is 10.8. The van der Waals surface area contributed by atoms with Crippen LogP contribution < -0.4 is 15.8 Å². The number of hydrogen-bond acceptors (Lipinski definition) is 6. The van der Waals surface area contributed by atoms with Gasteiger partial charge in [0.15, 0.2) is 5.78 Å². The lowest BCUT2D eigenvalue weighted by Crippen LogP contribution is -2.39. The summed E-state index contributed by atoms with van der Waals surface area (Å²) in [5.41, 5.74) is 5.12. The molecule has 2 aromatic carbocycles. The minimum absolute atomic E-state index is 0.0454. The standard InChI is InChI=1S/C25H22N4O3/c1-14-6-8-15(9-7-14)18-19-21(16-4-2-3-5-17(16)22(19)30)26-23-20(18)24(31)28-25(27-23)29-10-12-32-13-11-29/h2-9,18H,10-13H2,1H3,(H2,26,27,28,31)/t18-/m1/s1. The van der Waals surface area contributed by atoms with Crippen molar-refractivity contribution in [2.45, 2.75) is 12.8 Å². The van der Waals surface area contributed by atoms with Crippen LogP contribution in [0.3, 0.4) is 0 Å². The second-order valence-corrected chi connectivity index (χ2v) is 8.38. The van der Waals surface area contributed by atoms with Gasteiger partial charge in [-0.05, 0) is 12.5 Å². The Morgan fingerprint density at radius 3 is 2.47 bits per heavy atom. The number of allylic oxidation sites excluding steroid dienone is 1. The van der Waals surface area contributed by atoms with Crippen molar-refractivity contribution in [3.8, 4) is 0 Å². The Kier molecular flexibility index (Phi) is 4.26. The molecule has 160 valence electrons. The first kappa shape index (κ1) is 19.0. The fourth-order valence-corrected chi connectivity index (χ4v) is 4.83. The van der Waals surface area contributed by atoms with E-state index in [1.54, 1.807) is 0 Å². The molecule has 2 N–H and O–H groups in total. The van der Waals surface area contributed by atoms with Crippen LogP contribution in [0.2, 0.25) is 0 Å². The van der Waals surface area contributed by atoms with Gasteiger partial charge in [0.25, 0.3) is 5.56 Å². The molecule has 3 heterocycles. The normalized spacial score (nSPS) is 19.3. The number of ketones is 1. The number of aromatic amines is 1. The lowest BCUT2D eigenvalue weighted by Gasteiger charge is -2.31. The Bertz CT molecular complexity index is 1330. The third kappa shape index (κ3) is 2.81. The van der Waals surface area contributed by atoms with Gasteiger partial charge in [0, 0.05) is 35.7 Å². The monoisotopic (exact) mass is 426 g/mol. The molecule has 0 bridgehead atoms. The van der Waals surface area contributed by atoms with Crippen LogP contribution in [0.25, 0.3) is 5.70 Å². The van der Waals surface area contributed by atoms with E-state index in [0.717, 1.165) is 22.4 Å². The highest BCUT2D eigenvalue weighted by Crippen LogP contribution is 2.47. The number of nitrogens with zero attached hydrogens (tertiary/aromatic N) is 2. The van der Waals surface area contributed by atoms with Gasteiger partial charge < -0.3 is 15.0 Å². The summed E-state index contributed by atoms with van der Waals surface area (Å²) in [6, 6.07) is 15.6. The van der Waals surface area contributed by atoms with Crippen LogP contribution in [0.1, 0.15) is 38.5 Å². The van der Waals surface area contributed by atoms with Crippen LogP contribution in [0.5, 0.6) is 0 Å². The smallest absolute Gasteiger partial charge is 0.258 e. The van der Waals surface area contributed by atoms with E-state index < -0.39 is 5.92 Å². The molecule has 1 atom stereocenters. The number of ether oxygens (including phenoxy) is 1. The molecule has 6 rings (SSSR count). The number of aromatic nitrogens is 2. The van der Waals surface area contributed by atoms with Crippen molar-refractivity contribution in [3.05, 3.63) is 92.3 Å². The van der Waals surface area contributed by atoms with Gasteiger partial charge in [0.2, 0.25) is 5.95 Å². The van der Waals surface area contributed by atoms with Crippen LogP contribution in [-0.2, 0) is 4.74 Å². The van der Waals surface area contributed by atoms with Gasteiger partial charge in [-0.2, -0.15) is 4.98 Å². The van der Waals surface area contributed by atoms with E-state index in [0.29, 0.717) is 54.8 Å². The third-order valence-electron chi connectivity index (χ3n) is 6.44. The number of hydrogen-bond donors (Lipinski definition) is 2. The Morgan fingerprint density at radius 1 is 1.00 bits per heavy atom. The molecule has 0 unspecified atom stereocenters. The van der Waals surface area contributed by atoms with Crippen LogP contribution >= 0.6 is 0 Å². The number of anilines is 2. The summed E-state index contributed by atoms with van der Waals surface area (Å²) in [5, 5.41) is 3.35. The van der Waals surface area contributed by atoms with Gasteiger partial charge in [0.1, 0.15) is 5.82 Å². The number of fused-ring (bicyclic) bond motifs is 3. The topological polar surface area (TPSA) is 87.3 Å². The number of H-pyrrole nitrogens is 1. The summed E-state index contributed by atoms with van der Waals surface area (Å²) in [6.07, 6.45) is 0. The first-order valence-corrected chi connectivity index (χ1v) is 10.8. The zero-order chi connectivity index (χ0) is 21.8. The second-order valence-electron chi connectivity index (χ2n) is 8.38. The molecule has 0 spiro atoms. The summed E-state index contributed by atoms with van der Waals surface area (Å²) >= 11 is 0. The maximum atomic E-state index is 13.5. The van der Waals surface area contributed by atoms with Crippen LogP contribution in [0.4, 0.5) is 11.8 Å². The maximum Gasteiger partial charge on any atom is 0.258 e. The summed E-state index contributed by atoms with van der Waals surface area (Å²) in [4.78, 5) is 36.7. The fraction of sp³-hybridized carbons (Fsp3) is 0.240. The molecule has 32 heavy (non-hydrogen) atoms. The van der Waals surface area contributed by atoms with Crippen molar-refractivity contribution in [3.63, 3.8) is 0 Å². The van der Waals surface area contributed by atoms with Crippen molar-refractivity contribution in [1.29, 1.82) is 0 Å². The summed E-state index contributed by atoms with van der Waals surface area (Å²) < 4.78 is 5.43. The van der Waals surface area contributed by atoms with Crippen molar-refractivity contribution >= 4 is 23.2 Å². The van der Waals surface area contributed by atoms with Gasteiger partial charge in [-0.15, -0.1) is 0 Å². The largest absolute Gasteiger partial charge is 0.378 e. The molecule has 1 aromatic heterocycles. The quantitative estimate of drug-likeness (QED) is 0.655. The molecule has 1 aliphatic carbocycles. The molecular formula is C25H22N4O3. The third-order valence-corrected chi connectivity index (χ3v) is 6.44. The molecule has 2 aliphatic heterocycles. The highest BCUT2D eigenvalue weighted by atomic mass is 16.5. The first-order chi connectivity index (χ1) is 15.6. The SMILES string of the molecule is Cc1ccc([C@@H]2C3=C(Nc4nc(N5CCOCC5)[nH]c(=O)c42)c2ccccc2C3=O)cc1. The molecule has 0 amide bonds. The van der Waals surface area contributed by atoms with E-state index in [1.807, 2.05) is 60.4 Å². The molecule has 0 saturated carbocycles. The number of nitrogens with one attached hydrogen (secondary N) is 2. The molecule has 3 aliphatic rings. The summed E-state index contributed by atoms with van der Waals surface area (Å²) in [5.74, 6) is 0.491. The average Bonchev–Trinajstić information content (AvgIpc) is 3.11. The maximum absolute atomic E-state index is 13.5. The highest BCUT2D eigenvalue weighted by Gasteiger charge is 2.42. The van der Waals surface area contributed by atoms with Gasteiger partial charge in [-0.3, -0.25) is 14.6 Å². The van der Waals surface area contributed by atoms with Crippen LogP contribution in [0, 0.1) is 6.92 Å². The van der Waals surface area contributed by atoms with Crippen molar-refractivity contribution in [2.24, 2.45) is 0 Å². The molecular weight excluding hydrogens is 404 g/mol. The van der Waals surface area contributed by atoms with E-state index in [4.69, 9.17) is 9.72 Å². The summed E-state index contributed by atoms with van der Waals surface area (Å²) in [6.45, 7) is 4.54.